The molecule has 1 aromatic heterocycles. The van der Waals surface area contributed by atoms with Crippen molar-refractivity contribution in [1.29, 1.82) is 5.41 Å². The van der Waals surface area contributed by atoms with Crippen LogP contribution in [0.2, 0.25) is 0 Å². The van der Waals surface area contributed by atoms with Crippen LogP contribution in [-0.4, -0.2) is 31.5 Å². The average molecular weight is 417 g/mol. The fraction of sp³-hybridized carbons (Fsp3) is 0.250. The van der Waals surface area contributed by atoms with Gasteiger partial charge < -0.3 is 16.8 Å². The van der Waals surface area contributed by atoms with Crippen LogP contribution in [0.5, 0.6) is 0 Å². The van der Waals surface area contributed by atoms with Gasteiger partial charge >= 0.3 is 6.18 Å². The summed E-state index contributed by atoms with van der Waals surface area (Å²) in [6.07, 6.45) is -6.96. The van der Waals surface area contributed by atoms with E-state index in [2.05, 4.69) is 10.3 Å². The lowest BCUT2D eigenvalue weighted by Gasteiger charge is -2.24. The van der Waals surface area contributed by atoms with Crippen molar-refractivity contribution in [3.63, 3.8) is 0 Å². The first-order valence-electron chi connectivity index (χ1n) is 7.79. The van der Waals surface area contributed by atoms with E-state index in [1.54, 1.807) is 19.1 Å². The molecule has 0 spiro atoms. The number of aryl methyl sites for hydroxylation is 1. The number of nitrogens with two attached hydrogens (primary N) is 2. The van der Waals surface area contributed by atoms with Crippen LogP contribution in [-0.2, 0) is 20.5 Å². The molecule has 152 valence electrons. The van der Waals surface area contributed by atoms with Crippen LogP contribution in [0.15, 0.2) is 47.5 Å². The summed E-state index contributed by atoms with van der Waals surface area (Å²) >= 11 is 0. The van der Waals surface area contributed by atoms with Crippen molar-refractivity contribution < 1.29 is 25.8 Å². The standard InChI is InChI=1S/C16H18F3N5O3S/c1-9-2-5-11(6-3-9)28(25,26)27-13(14(20)21)15(22)24-12-7-4-10(8-23-12)16(17,18)19/h2-8,13,15H,22H2,1H3,(H3,20,21)(H,23,24). The number of halogens is 3. The molecule has 1 heterocycles. The van der Waals surface area contributed by atoms with Crippen LogP contribution >= 0.6 is 0 Å². The Morgan fingerprint density at radius 1 is 1.21 bits per heavy atom. The molecule has 0 aliphatic heterocycles. The molecule has 2 atom stereocenters. The second kappa shape index (κ2) is 8.12. The first-order chi connectivity index (χ1) is 12.9. The van der Waals surface area contributed by atoms with Crippen LogP contribution in [0.1, 0.15) is 11.1 Å². The lowest BCUT2D eigenvalue weighted by atomic mass is 10.2. The minimum absolute atomic E-state index is 0.0805. The minimum Gasteiger partial charge on any atom is -0.385 e. The predicted molar refractivity (Wildman–Crippen MR) is 96.0 cm³/mol. The van der Waals surface area contributed by atoms with E-state index in [-0.39, 0.29) is 10.7 Å². The maximum absolute atomic E-state index is 12.6. The highest BCUT2D eigenvalue weighted by atomic mass is 32.2. The van der Waals surface area contributed by atoms with Gasteiger partial charge in [0.05, 0.1) is 10.5 Å². The van der Waals surface area contributed by atoms with Gasteiger partial charge in [0.25, 0.3) is 10.1 Å². The molecule has 0 aliphatic rings. The highest BCUT2D eigenvalue weighted by Gasteiger charge is 2.32. The number of amidine groups is 1. The summed E-state index contributed by atoms with van der Waals surface area (Å²) in [5, 5.41) is 10.0. The van der Waals surface area contributed by atoms with Crippen molar-refractivity contribution in [2.45, 2.75) is 30.3 Å². The van der Waals surface area contributed by atoms with E-state index in [0.29, 0.717) is 6.20 Å². The van der Waals surface area contributed by atoms with Crippen molar-refractivity contribution in [3.05, 3.63) is 53.7 Å². The fourth-order valence-electron chi connectivity index (χ4n) is 2.10. The van der Waals surface area contributed by atoms with Gasteiger partial charge in [-0.3, -0.25) is 9.59 Å². The van der Waals surface area contributed by atoms with Gasteiger partial charge in [0, 0.05) is 6.20 Å². The number of nitrogens with zero attached hydrogens (tertiary/aromatic N) is 1. The van der Waals surface area contributed by atoms with Crippen LogP contribution in [0.4, 0.5) is 19.0 Å². The summed E-state index contributed by atoms with van der Waals surface area (Å²) in [4.78, 5) is 3.40. The molecule has 1 aromatic carbocycles. The fourth-order valence-corrected chi connectivity index (χ4v) is 3.17. The summed E-state index contributed by atoms with van der Waals surface area (Å²) in [5.41, 5.74) is 11.0. The normalized spacial score (nSPS) is 14.3. The average Bonchev–Trinajstić information content (AvgIpc) is 2.59. The zero-order chi connectivity index (χ0) is 21.1. The molecule has 0 bridgehead atoms. The smallest absolute Gasteiger partial charge is 0.385 e. The lowest BCUT2D eigenvalue weighted by Crippen LogP contribution is -2.51. The number of rotatable bonds is 7. The summed E-state index contributed by atoms with van der Waals surface area (Å²) in [6, 6.07) is 7.53. The first kappa shape index (κ1) is 21.6. The third-order valence-electron chi connectivity index (χ3n) is 3.58. The van der Waals surface area contributed by atoms with Crippen LogP contribution in [0.3, 0.4) is 0 Å². The van der Waals surface area contributed by atoms with Crippen molar-refractivity contribution in [3.8, 4) is 0 Å². The SMILES string of the molecule is Cc1ccc(S(=O)(=O)OC(C(=N)N)C(N)Nc2ccc(C(F)(F)F)cn2)cc1. The zero-order valence-electron chi connectivity index (χ0n) is 14.6. The van der Waals surface area contributed by atoms with Gasteiger partial charge in [-0.2, -0.15) is 21.6 Å². The highest BCUT2D eigenvalue weighted by molar-refractivity contribution is 7.86. The molecule has 2 unspecified atom stereocenters. The van der Waals surface area contributed by atoms with Crippen molar-refractivity contribution in [1.82, 2.24) is 4.98 Å². The maximum atomic E-state index is 12.6. The molecular weight excluding hydrogens is 399 g/mol. The van der Waals surface area contributed by atoms with Gasteiger partial charge in [0.1, 0.15) is 17.8 Å². The van der Waals surface area contributed by atoms with Crippen LogP contribution in [0.25, 0.3) is 0 Å². The summed E-state index contributed by atoms with van der Waals surface area (Å²) in [6.45, 7) is 1.77. The molecule has 28 heavy (non-hydrogen) atoms. The number of hydrogen-bond acceptors (Lipinski definition) is 7. The Kier molecular flexibility index (Phi) is 6.27. The topological polar surface area (TPSA) is 144 Å². The zero-order valence-corrected chi connectivity index (χ0v) is 15.4. The Morgan fingerprint density at radius 3 is 2.29 bits per heavy atom. The molecule has 2 aromatic rings. The quantitative estimate of drug-likeness (QED) is 0.233. The van der Waals surface area contributed by atoms with Crippen molar-refractivity contribution in [2.75, 3.05) is 5.32 Å². The Morgan fingerprint density at radius 2 is 1.82 bits per heavy atom. The highest BCUT2D eigenvalue weighted by Crippen LogP contribution is 2.29. The number of benzene rings is 1. The predicted octanol–water partition coefficient (Wildman–Crippen LogP) is 1.82. The Bertz CT molecular complexity index is 931. The summed E-state index contributed by atoms with van der Waals surface area (Å²) < 4.78 is 67.4. The molecule has 0 saturated heterocycles. The van der Waals surface area contributed by atoms with Crippen LogP contribution in [0, 0.1) is 12.3 Å². The van der Waals surface area contributed by atoms with Gasteiger partial charge in [-0.15, -0.1) is 0 Å². The molecule has 8 nitrogen and oxygen atoms in total. The molecule has 12 heteroatoms. The second-order valence-corrected chi connectivity index (χ2v) is 7.41. The van der Waals surface area contributed by atoms with Gasteiger partial charge in [-0.1, -0.05) is 17.7 Å². The van der Waals surface area contributed by atoms with E-state index in [0.717, 1.165) is 17.7 Å². The molecule has 0 amide bonds. The van der Waals surface area contributed by atoms with E-state index in [4.69, 9.17) is 21.1 Å². The van der Waals surface area contributed by atoms with E-state index in [1.807, 2.05) is 0 Å². The number of aromatic nitrogens is 1. The molecule has 0 radical (unpaired) electrons. The van der Waals surface area contributed by atoms with Crippen LogP contribution < -0.4 is 16.8 Å². The number of hydrogen-bond donors (Lipinski definition) is 4. The molecular formula is C16H18F3N5O3S. The maximum Gasteiger partial charge on any atom is 0.417 e. The number of alkyl halides is 3. The number of nitrogens with one attached hydrogen (secondary N) is 2. The molecule has 2 rings (SSSR count). The van der Waals surface area contributed by atoms with Crippen molar-refractivity contribution >= 4 is 21.8 Å². The lowest BCUT2D eigenvalue weighted by molar-refractivity contribution is -0.137. The Balaban J connectivity index is 2.16. The third-order valence-corrected chi connectivity index (χ3v) is 4.89. The Hall–Kier alpha value is -2.70. The number of pyridine rings is 1. The monoisotopic (exact) mass is 417 g/mol. The molecule has 0 aliphatic carbocycles. The molecule has 0 fully saturated rings. The summed E-state index contributed by atoms with van der Waals surface area (Å²) in [5.74, 6) is -0.773. The van der Waals surface area contributed by atoms with Gasteiger partial charge in [0.2, 0.25) is 0 Å². The first-order valence-corrected chi connectivity index (χ1v) is 9.20. The number of anilines is 1. The van der Waals surface area contributed by atoms with Gasteiger partial charge in [-0.05, 0) is 31.2 Å². The van der Waals surface area contributed by atoms with E-state index < -0.39 is 40.0 Å². The summed E-state index contributed by atoms with van der Waals surface area (Å²) in [7, 11) is -4.29. The van der Waals surface area contributed by atoms with E-state index >= 15 is 0 Å². The third kappa shape index (κ3) is 5.41. The van der Waals surface area contributed by atoms with Gasteiger partial charge in [0.15, 0.2) is 6.10 Å². The Labute approximate surface area is 159 Å². The largest absolute Gasteiger partial charge is 0.417 e. The van der Waals surface area contributed by atoms with Crippen molar-refractivity contribution in [2.24, 2.45) is 11.5 Å². The van der Waals surface area contributed by atoms with E-state index in [9.17, 15) is 21.6 Å². The molecule has 0 saturated carbocycles. The van der Waals surface area contributed by atoms with E-state index in [1.165, 1.54) is 12.1 Å². The molecule has 6 N–H and O–H groups in total. The minimum atomic E-state index is -4.55. The second-order valence-electron chi connectivity index (χ2n) is 5.84. The van der Waals surface area contributed by atoms with Gasteiger partial charge in [-0.25, -0.2) is 4.98 Å².